The summed E-state index contributed by atoms with van der Waals surface area (Å²) in [6, 6.07) is 8.30. The second kappa shape index (κ2) is 7.56. The lowest BCUT2D eigenvalue weighted by Crippen LogP contribution is -2.23. The van der Waals surface area contributed by atoms with Crippen LogP contribution in [0.5, 0.6) is 5.88 Å². The van der Waals surface area contributed by atoms with E-state index in [2.05, 4.69) is 25.2 Å². The number of amides is 1. The summed E-state index contributed by atoms with van der Waals surface area (Å²) in [5.74, 6) is -0.508. The molecule has 0 bridgehead atoms. The number of carbonyl (C=O) groups excluding carboxylic acids is 1. The molecular formula is C16H13F3N4O2S. The van der Waals surface area contributed by atoms with Gasteiger partial charge in [0.2, 0.25) is 5.88 Å². The van der Waals surface area contributed by atoms with E-state index in [0.717, 1.165) is 10.6 Å². The van der Waals surface area contributed by atoms with Gasteiger partial charge in [0.15, 0.2) is 12.3 Å². The summed E-state index contributed by atoms with van der Waals surface area (Å²) in [6.45, 7) is -1.24. The molecule has 3 heterocycles. The van der Waals surface area contributed by atoms with Crippen molar-refractivity contribution >= 4 is 17.2 Å². The minimum absolute atomic E-state index is 0.134. The van der Waals surface area contributed by atoms with E-state index in [1.54, 1.807) is 6.07 Å². The normalized spacial score (nSPS) is 11.3. The van der Waals surface area contributed by atoms with Crippen molar-refractivity contribution in [1.82, 2.24) is 20.5 Å². The van der Waals surface area contributed by atoms with Gasteiger partial charge in [-0.15, -0.1) is 11.3 Å². The van der Waals surface area contributed by atoms with Gasteiger partial charge in [-0.3, -0.25) is 9.89 Å². The fourth-order valence-electron chi connectivity index (χ4n) is 2.03. The Hall–Kier alpha value is -2.88. The summed E-state index contributed by atoms with van der Waals surface area (Å²) < 4.78 is 40.7. The van der Waals surface area contributed by atoms with Crippen molar-refractivity contribution in [3.63, 3.8) is 0 Å². The largest absolute Gasteiger partial charge is 0.468 e. The summed E-state index contributed by atoms with van der Waals surface area (Å²) in [5, 5.41) is 11.4. The van der Waals surface area contributed by atoms with Crippen LogP contribution in [0.2, 0.25) is 0 Å². The summed E-state index contributed by atoms with van der Waals surface area (Å²) in [5.41, 5.74) is 1.61. The molecule has 0 spiro atoms. The SMILES string of the molecule is O=C(NCc1ccc(OCC(F)(F)F)nc1)c1cc(-c2cccs2)[nH]n1. The average Bonchev–Trinajstić information content (AvgIpc) is 3.29. The van der Waals surface area contributed by atoms with E-state index >= 15 is 0 Å². The van der Waals surface area contributed by atoms with Crippen molar-refractivity contribution in [3.05, 3.63) is 53.2 Å². The van der Waals surface area contributed by atoms with Gasteiger partial charge in [0, 0.05) is 18.8 Å². The highest BCUT2D eigenvalue weighted by atomic mass is 32.1. The first kappa shape index (κ1) is 17.9. The molecule has 0 radical (unpaired) electrons. The number of hydrogen-bond acceptors (Lipinski definition) is 5. The van der Waals surface area contributed by atoms with E-state index in [0.29, 0.717) is 5.56 Å². The van der Waals surface area contributed by atoms with Gasteiger partial charge in [0.1, 0.15) is 0 Å². The lowest BCUT2D eigenvalue weighted by atomic mass is 10.2. The summed E-state index contributed by atoms with van der Waals surface area (Å²) in [7, 11) is 0. The quantitative estimate of drug-likeness (QED) is 0.685. The van der Waals surface area contributed by atoms with Gasteiger partial charge in [-0.2, -0.15) is 18.3 Å². The Balaban J connectivity index is 1.53. The van der Waals surface area contributed by atoms with Crippen LogP contribution >= 0.6 is 11.3 Å². The predicted octanol–water partition coefficient (Wildman–Crippen LogP) is 3.40. The Labute approximate surface area is 150 Å². The molecule has 3 aromatic rings. The van der Waals surface area contributed by atoms with Crippen molar-refractivity contribution in [3.8, 4) is 16.5 Å². The number of nitrogens with one attached hydrogen (secondary N) is 2. The molecule has 0 aliphatic heterocycles. The number of rotatable bonds is 6. The number of H-pyrrole nitrogens is 1. The summed E-state index contributed by atoms with van der Waals surface area (Å²) in [6.07, 6.45) is -3.08. The molecule has 3 rings (SSSR count). The number of hydrogen-bond donors (Lipinski definition) is 2. The second-order valence-corrected chi connectivity index (χ2v) is 6.18. The molecule has 1 amide bonds. The maximum absolute atomic E-state index is 12.1. The van der Waals surface area contributed by atoms with E-state index in [4.69, 9.17) is 0 Å². The Morgan fingerprint density at radius 1 is 1.31 bits per heavy atom. The van der Waals surface area contributed by atoms with E-state index in [-0.39, 0.29) is 24.0 Å². The van der Waals surface area contributed by atoms with Gasteiger partial charge in [-0.05, 0) is 23.1 Å². The number of carbonyl (C=O) groups is 1. The van der Waals surface area contributed by atoms with Crippen LogP contribution in [-0.2, 0) is 6.54 Å². The molecule has 0 saturated heterocycles. The first-order valence-corrected chi connectivity index (χ1v) is 8.31. The fourth-order valence-corrected chi connectivity index (χ4v) is 2.72. The molecule has 10 heteroatoms. The Morgan fingerprint density at radius 3 is 2.81 bits per heavy atom. The van der Waals surface area contributed by atoms with Crippen LogP contribution in [-0.4, -0.2) is 33.9 Å². The molecule has 0 atom stereocenters. The van der Waals surface area contributed by atoms with E-state index in [1.165, 1.54) is 29.7 Å². The fraction of sp³-hybridized carbons (Fsp3) is 0.188. The average molecular weight is 382 g/mol. The number of ether oxygens (including phenoxy) is 1. The molecule has 26 heavy (non-hydrogen) atoms. The van der Waals surface area contributed by atoms with Crippen molar-refractivity contribution in [2.24, 2.45) is 0 Å². The first-order chi connectivity index (χ1) is 12.4. The predicted molar refractivity (Wildman–Crippen MR) is 88.9 cm³/mol. The van der Waals surface area contributed by atoms with E-state index < -0.39 is 12.8 Å². The van der Waals surface area contributed by atoms with Gasteiger partial charge in [-0.1, -0.05) is 12.1 Å². The standard InChI is InChI=1S/C16H13F3N4O2S/c17-16(18,19)9-25-14-4-3-10(7-20-14)8-21-15(24)12-6-11(22-23-12)13-2-1-5-26-13/h1-7H,8-9H2,(H,21,24)(H,22,23). The molecule has 136 valence electrons. The first-order valence-electron chi connectivity index (χ1n) is 7.43. The zero-order valence-corrected chi connectivity index (χ0v) is 14.0. The number of aromatic nitrogens is 3. The van der Waals surface area contributed by atoms with Crippen LogP contribution in [0.1, 0.15) is 16.1 Å². The van der Waals surface area contributed by atoms with E-state index in [1.807, 2.05) is 17.5 Å². The lowest BCUT2D eigenvalue weighted by molar-refractivity contribution is -0.154. The summed E-state index contributed by atoms with van der Waals surface area (Å²) >= 11 is 1.52. The number of thiophene rings is 1. The maximum Gasteiger partial charge on any atom is 0.422 e. The highest BCUT2D eigenvalue weighted by Gasteiger charge is 2.28. The van der Waals surface area contributed by atoms with Crippen molar-refractivity contribution < 1.29 is 22.7 Å². The monoisotopic (exact) mass is 382 g/mol. The number of aromatic amines is 1. The van der Waals surface area contributed by atoms with Crippen molar-refractivity contribution in [2.45, 2.75) is 12.7 Å². The highest BCUT2D eigenvalue weighted by Crippen LogP contribution is 2.23. The van der Waals surface area contributed by atoms with Crippen LogP contribution in [0.4, 0.5) is 13.2 Å². The number of halogens is 3. The van der Waals surface area contributed by atoms with Crippen LogP contribution in [0.15, 0.2) is 41.9 Å². The summed E-state index contributed by atoms with van der Waals surface area (Å²) in [4.78, 5) is 16.9. The molecule has 0 aromatic carbocycles. The van der Waals surface area contributed by atoms with E-state index in [9.17, 15) is 18.0 Å². The highest BCUT2D eigenvalue weighted by molar-refractivity contribution is 7.13. The third-order valence-corrected chi connectivity index (χ3v) is 4.13. The molecular weight excluding hydrogens is 369 g/mol. The molecule has 0 fully saturated rings. The number of nitrogens with zero attached hydrogens (tertiary/aromatic N) is 2. The van der Waals surface area contributed by atoms with Crippen molar-refractivity contribution in [2.75, 3.05) is 6.61 Å². The topological polar surface area (TPSA) is 79.9 Å². The zero-order chi connectivity index (χ0) is 18.6. The van der Waals surface area contributed by atoms with Crippen molar-refractivity contribution in [1.29, 1.82) is 0 Å². The Morgan fingerprint density at radius 2 is 2.15 bits per heavy atom. The minimum atomic E-state index is -4.42. The number of alkyl halides is 3. The molecule has 0 aliphatic rings. The maximum atomic E-state index is 12.1. The molecule has 3 aromatic heterocycles. The van der Waals surface area contributed by atoms with Gasteiger partial charge in [0.25, 0.3) is 5.91 Å². The Bertz CT molecular complexity index is 861. The van der Waals surface area contributed by atoms with Gasteiger partial charge >= 0.3 is 6.18 Å². The third kappa shape index (κ3) is 4.82. The lowest BCUT2D eigenvalue weighted by Gasteiger charge is -2.08. The van der Waals surface area contributed by atoms with Crippen LogP contribution in [0.3, 0.4) is 0 Å². The van der Waals surface area contributed by atoms with Crippen LogP contribution in [0, 0.1) is 0 Å². The molecule has 6 nitrogen and oxygen atoms in total. The van der Waals surface area contributed by atoms with Gasteiger partial charge in [0.05, 0.1) is 10.6 Å². The minimum Gasteiger partial charge on any atom is -0.468 e. The molecule has 2 N–H and O–H groups in total. The smallest absolute Gasteiger partial charge is 0.422 e. The van der Waals surface area contributed by atoms with Gasteiger partial charge in [-0.25, -0.2) is 4.98 Å². The second-order valence-electron chi connectivity index (χ2n) is 5.24. The molecule has 0 unspecified atom stereocenters. The Kier molecular flexibility index (Phi) is 5.21. The van der Waals surface area contributed by atoms with Gasteiger partial charge < -0.3 is 10.1 Å². The third-order valence-electron chi connectivity index (χ3n) is 3.23. The molecule has 0 aliphatic carbocycles. The molecule has 0 saturated carbocycles. The van der Waals surface area contributed by atoms with Crippen LogP contribution in [0.25, 0.3) is 10.6 Å². The zero-order valence-electron chi connectivity index (χ0n) is 13.2. The number of pyridine rings is 1. The van der Waals surface area contributed by atoms with Crippen LogP contribution < -0.4 is 10.1 Å².